The molecule has 2 aliphatic rings. The number of benzene rings is 1. The molecule has 3 rings (SSSR count). The lowest BCUT2D eigenvalue weighted by Gasteiger charge is -2.31. The van der Waals surface area contributed by atoms with E-state index in [2.05, 4.69) is 10.2 Å². The van der Waals surface area contributed by atoms with Crippen molar-refractivity contribution < 1.29 is 9.59 Å². The second-order valence-electron chi connectivity index (χ2n) is 6.75. The topological polar surface area (TPSA) is 52.7 Å². The Kier molecular flexibility index (Phi) is 5.86. The molecule has 2 aliphatic heterocycles. The van der Waals surface area contributed by atoms with E-state index in [1.165, 1.54) is 12.8 Å². The van der Waals surface area contributed by atoms with E-state index in [0.717, 1.165) is 31.5 Å². The van der Waals surface area contributed by atoms with Crippen LogP contribution in [0.15, 0.2) is 30.3 Å². The third kappa shape index (κ3) is 4.35. The molecule has 2 fully saturated rings. The van der Waals surface area contributed by atoms with Gasteiger partial charge >= 0.3 is 0 Å². The van der Waals surface area contributed by atoms with Gasteiger partial charge in [0.2, 0.25) is 11.8 Å². The van der Waals surface area contributed by atoms with Crippen molar-refractivity contribution in [1.82, 2.24) is 15.1 Å². The second kappa shape index (κ2) is 8.29. The third-order valence-corrected chi connectivity index (χ3v) is 5.02. The number of hydrogen-bond acceptors (Lipinski definition) is 3. The van der Waals surface area contributed by atoms with E-state index < -0.39 is 0 Å². The van der Waals surface area contributed by atoms with Crippen LogP contribution in [0.2, 0.25) is 0 Å². The number of rotatable bonds is 3. The van der Waals surface area contributed by atoms with Crippen LogP contribution in [0.5, 0.6) is 0 Å². The zero-order valence-electron chi connectivity index (χ0n) is 14.2. The first-order valence-electron chi connectivity index (χ1n) is 9.07. The largest absolute Gasteiger partial charge is 0.355 e. The fourth-order valence-electron chi connectivity index (χ4n) is 3.66. The number of amides is 2. The van der Waals surface area contributed by atoms with Crippen molar-refractivity contribution in [2.75, 3.05) is 32.7 Å². The smallest absolute Gasteiger partial charge is 0.236 e. The summed E-state index contributed by atoms with van der Waals surface area (Å²) in [7, 11) is 0. The van der Waals surface area contributed by atoms with E-state index in [9.17, 15) is 9.59 Å². The number of nitrogens with one attached hydrogen (secondary N) is 1. The average Bonchev–Trinajstić information content (AvgIpc) is 2.97. The minimum atomic E-state index is -0.0235. The SMILES string of the molecule is O=C1CC(c2ccccc2)N(CC(=O)N2CCCCCC2)CCN1. The summed E-state index contributed by atoms with van der Waals surface area (Å²) in [5.74, 6) is 0.265. The summed E-state index contributed by atoms with van der Waals surface area (Å²) in [6.45, 7) is 3.47. The van der Waals surface area contributed by atoms with Gasteiger partial charge in [-0.3, -0.25) is 14.5 Å². The first-order chi connectivity index (χ1) is 11.7. The number of nitrogens with zero attached hydrogens (tertiary/aromatic N) is 2. The highest BCUT2D eigenvalue weighted by Gasteiger charge is 2.29. The molecule has 0 spiro atoms. The fourth-order valence-corrected chi connectivity index (χ4v) is 3.66. The Balaban J connectivity index is 1.72. The van der Waals surface area contributed by atoms with E-state index in [-0.39, 0.29) is 17.9 Å². The van der Waals surface area contributed by atoms with Crippen LogP contribution < -0.4 is 5.32 Å². The Morgan fingerprint density at radius 1 is 1.04 bits per heavy atom. The molecule has 2 saturated heterocycles. The molecule has 130 valence electrons. The van der Waals surface area contributed by atoms with Gasteiger partial charge in [0.15, 0.2) is 0 Å². The Hall–Kier alpha value is -1.88. The number of carbonyl (C=O) groups excluding carboxylic acids is 2. The molecule has 2 heterocycles. The summed E-state index contributed by atoms with van der Waals surface area (Å²) in [4.78, 5) is 29.0. The Bertz CT molecular complexity index is 553. The molecule has 0 aromatic heterocycles. The van der Waals surface area contributed by atoms with Crippen LogP contribution in [0.25, 0.3) is 0 Å². The van der Waals surface area contributed by atoms with Gasteiger partial charge in [-0.25, -0.2) is 0 Å². The molecule has 0 aliphatic carbocycles. The van der Waals surface area contributed by atoms with Crippen LogP contribution in [-0.2, 0) is 9.59 Å². The van der Waals surface area contributed by atoms with Crippen LogP contribution in [0, 0.1) is 0 Å². The van der Waals surface area contributed by atoms with E-state index >= 15 is 0 Å². The minimum Gasteiger partial charge on any atom is -0.355 e. The van der Waals surface area contributed by atoms with Crippen molar-refractivity contribution >= 4 is 11.8 Å². The molecule has 2 amide bonds. The van der Waals surface area contributed by atoms with E-state index in [0.29, 0.717) is 26.1 Å². The summed E-state index contributed by atoms with van der Waals surface area (Å²) in [5, 5.41) is 2.93. The molecule has 0 bridgehead atoms. The standard InChI is InChI=1S/C19H27N3O2/c23-18-14-17(16-8-4-3-5-9-16)22(13-10-20-18)15-19(24)21-11-6-1-2-7-12-21/h3-5,8-9,17H,1-2,6-7,10-15H2,(H,20,23). The van der Waals surface area contributed by atoms with Crippen LogP contribution in [0.4, 0.5) is 0 Å². The molecule has 1 aromatic carbocycles. The molecule has 1 aromatic rings. The van der Waals surface area contributed by atoms with Crippen LogP contribution >= 0.6 is 0 Å². The Labute approximate surface area is 144 Å². The van der Waals surface area contributed by atoms with Gasteiger partial charge in [-0.1, -0.05) is 43.2 Å². The highest BCUT2D eigenvalue weighted by molar-refractivity contribution is 5.79. The Morgan fingerprint density at radius 2 is 1.75 bits per heavy atom. The van der Waals surface area contributed by atoms with E-state index in [4.69, 9.17) is 0 Å². The molecule has 0 saturated carbocycles. The normalized spacial score (nSPS) is 23.2. The van der Waals surface area contributed by atoms with E-state index in [1.54, 1.807) is 0 Å². The second-order valence-corrected chi connectivity index (χ2v) is 6.75. The van der Waals surface area contributed by atoms with Gasteiger partial charge in [0.05, 0.1) is 6.54 Å². The zero-order chi connectivity index (χ0) is 16.8. The maximum absolute atomic E-state index is 12.8. The van der Waals surface area contributed by atoms with Crippen molar-refractivity contribution in [2.45, 2.75) is 38.1 Å². The predicted octanol–water partition coefficient (Wildman–Crippen LogP) is 1.95. The van der Waals surface area contributed by atoms with Gasteiger partial charge in [0, 0.05) is 38.6 Å². The zero-order valence-corrected chi connectivity index (χ0v) is 14.2. The molecule has 1 atom stereocenters. The molecule has 24 heavy (non-hydrogen) atoms. The van der Waals surface area contributed by atoms with Crippen LogP contribution in [-0.4, -0.2) is 54.3 Å². The van der Waals surface area contributed by atoms with E-state index in [1.807, 2.05) is 35.2 Å². The summed E-state index contributed by atoms with van der Waals surface area (Å²) >= 11 is 0. The molecule has 5 heteroatoms. The van der Waals surface area contributed by atoms with Gasteiger partial charge in [-0.15, -0.1) is 0 Å². The predicted molar refractivity (Wildman–Crippen MR) is 93.4 cm³/mol. The molecule has 1 unspecified atom stereocenters. The molecule has 0 radical (unpaired) electrons. The van der Waals surface area contributed by atoms with Gasteiger partial charge in [0.1, 0.15) is 0 Å². The first-order valence-corrected chi connectivity index (χ1v) is 9.07. The number of hydrogen-bond donors (Lipinski definition) is 1. The third-order valence-electron chi connectivity index (χ3n) is 5.02. The summed E-state index contributed by atoms with van der Waals surface area (Å²) in [6.07, 6.45) is 5.07. The van der Waals surface area contributed by atoms with Crippen molar-refractivity contribution in [3.05, 3.63) is 35.9 Å². The average molecular weight is 329 g/mol. The van der Waals surface area contributed by atoms with Gasteiger partial charge in [0.25, 0.3) is 0 Å². The van der Waals surface area contributed by atoms with Gasteiger partial charge in [-0.05, 0) is 18.4 Å². The molecular weight excluding hydrogens is 302 g/mol. The maximum atomic E-state index is 12.8. The summed E-state index contributed by atoms with van der Waals surface area (Å²) in [6, 6.07) is 10.0. The highest BCUT2D eigenvalue weighted by atomic mass is 16.2. The van der Waals surface area contributed by atoms with Gasteiger partial charge < -0.3 is 10.2 Å². The van der Waals surface area contributed by atoms with Gasteiger partial charge in [-0.2, -0.15) is 0 Å². The first kappa shape index (κ1) is 17.0. The number of carbonyl (C=O) groups is 2. The van der Waals surface area contributed by atoms with Crippen LogP contribution in [0.3, 0.4) is 0 Å². The van der Waals surface area contributed by atoms with Crippen molar-refractivity contribution in [3.8, 4) is 0 Å². The fraction of sp³-hybridized carbons (Fsp3) is 0.579. The monoisotopic (exact) mass is 329 g/mol. The van der Waals surface area contributed by atoms with Crippen molar-refractivity contribution in [2.24, 2.45) is 0 Å². The molecular formula is C19H27N3O2. The van der Waals surface area contributed by atoms with Crippen molar-refractivity contribution in [1.29, 1.82) is 0 Å². The lowest BCUT2D eigenvalue weighted by atomic mass is 10.0. The summed E-state index contributed by atoms with van der Waals surface area (Å²) < 4.78 is 0. The maximum Gasteiger partial charge on any atom is 0.236 e. The molecule has 5 nitrogen and oxygen atoms in total. The lowest BCUT2D eigenvalue weighted by Crippen LogP contribution is -2.43. The quantitative estimate of drug-likeness (QED) is 0.922. The van der Waals surface area contributed by atoms with Crippen molar-refractivity contribution in [3.63, 3.8) is 0 Å². The van der Waals surface area contributed by atoms with Crippen LogP contribution in [0.1, 0.15) is 43.7 Å². The minimum absolute atomic E-state index is 0.0235. The molecule has 1 N–H and O–H groups in total. The lowest BCUT2D eigenvalue weighted by molar-refractivity contribution is -0.133. The summed E-state index contributed by atoms with van der Waals surface area (Å²) in [5.41, 5.74) is 1.11. The Morgan fingerprint density at radius 3 is 2.46 bits per heavy atom. The number of likely N-dealkylation sites (tertiary alicyclic amines) is 1. The highest BCUT2D eigenvalue weighted by Crippen LogP contribution is 2.25.